The van der Waals surface area contributed by atoms with E-state index in [1.54, 1.807) is 12.3 Å². The third-order valence-electron chi connectivity index (χ3n) is 5.35. The molecule has 2 atom stereocenters. The SMILES string of the molecule is Cc1cc(-c2ccnc(NC(=O)[C@H]3C[C@@H]3[N+](=O)[O-])c2)ccc1OC1CCOCC1. The number of ether oxygens (including phenoxy) is 2. The Kier molecular flexibility index (Phi) is 5.44. The van der Waals surface area contributed by atoms with Crippen LogP contribution in [0.25, 0.3) is 11.1 Å². The van der Waals surface area contributed by atoms with Crippen LogP contribution in [0.5, 0.6) is 5.75 Å². The number of nitro groups is 1. The zero-order valence-corrected chi connectivity index (χ0v) is 16.2. The second-order valence-electron chi connectivity index (χ2n) is 7.52. The van der Waals surface area contributed by atoms with Crippen LogP contribution >= 0.6 is 0 Å². The molecule has 2 heterocycles. The molecule has 4 rings (SSSR count). The van der Waals surface area contributed by atoms with E-state index in [2.05, 4.69) is 10.3 Å². The van der Waals surface area contributed by atoms with Gasteiger partial charge in [-0.2, -0.15) is 0 Å². The molecule has 8 heteroatoms. The largest absolute Gasteiger partial charge is 0.490 e. The van der Waals surface area contributed by atoms with E-state index < -0.39 is 16.9 Å². The van der Waals surface area contributed by atoms with E-state index in [0.717, 1.165) is 48.5 Å². The Morgan fingerprint density at radius 2 is 2.00 bits per heavy atom. The molecular formula is C21H23N3O5. The van der Waals surface area contributed by atoms with Gasteiger partial charge in [0.15, 0.2) is 0 Å². The van der Waals surface area contributed by atoms with E-state index in [1.165, 1.54) is 0 Å². The van der Waals surface area contributed by atoms with Crippen LogP contribution in [-0.2, 0) is 9.53 Å². The van der Waals surface area contributed by atoms with Crippen molar-refractivity contribution in [3.63, 3.8) is 0 Å². The maximum atomic E-state index is 12.1. The van der Waals surface area contributed by atoms with Crippen molar-refractivity contribution in [2.75, 3.05) is 18.5 Å². The van der Waals surface area contributed by atoms with Gasteiger partial charge >= 0.3 is 0 Å². The van der Waals surface area contributed by atoms with E-state index in [9.17, 15) is 14.9 Å². The molecule has 0 bridgehead atoms. The molecule has 1 aliphatic carbocycles. The van der Waals surface area contributed by atoms with Gasteiger partial charge in [-0.25, -0.2) is 4.98 Å². The lowest BCUT2D eigenvalue weighted by Gasteiger charge is -2.24. The highest BCUT2D eigenvalue weighted by Crippen LogP contribution is 2.34. The Morgan fingerprint density at radius 3 is 2.69 bits per heavy atom. The number of rotatable bonds is 6. The van der Waals surface area contributed by atoms with Gasteiger partial charge in [-0.1, -0.05) is 6.07 Å². The number of aryl methyl sites for hydroxylation is 1. The highest BCUT2D eigenvalue weighted by molar-refractivity contribution is 5.94. The third kappa shape index (κ3) is 4.54. The molecule has 1 aliphatic heterocycles. The molecule has 2 aliphatic rings. The molecule has 29 heavy (non-hydrogen) atoms. The molecule has 1 saturated heterocycles. The highest BCUT2D eigenvalue weighted by Gasteiger charge is 2.53. The van der Waals surface area contributed by atoms with Gasteiger partial charge in [-0.3, -0.25) is 14.9 Å². The second-order valence-corrected chi connectivity index (χ2v) is 7.52. The summed E-state index contributed by atoms with van der Waals surface area (Å²) in [6.07, 6.45) is 3.87. The predicted molar refractivity (Wildman–Crippen MR) is 106 cm³/mol. The zero-order chi connectivity index (χ0) is 20.4. The fraction of sp³-hybridized carbons (Fsp3) is 0.429. The van der Waals surface area contributed by atoms with E-state index >= 15 is 0 Å². The molecule has 152 valence electrons. The predicted octanol–water partition coefficient (Wildman–Crippen LogP) is 3.22. The summed E-state index contributed by atoms with van der Waals surface area (Å²) in [7, 11) is 0. The first-order valence-electron chi connectivity index (χ1n) is 9.77. The van der Waals surface area contributed by atoms with Crippen molar-refractivity contribution >= 4 is 11.7 Å². The number of hydrogen-bond acceptors (Lipinski definition) is 6. The summed E-state index contributed by atoms with van der Waals surface area (Å²) in [5.74, 6) is 0.330. The normalized spacial score (nSPS) is 21.4. The molecule has 1 saturated carbocycles. The number of hydrogen-bond donors (Lipinski definition) is 1. The number of benzene rings is 1. The molecule has 0 spiro atoms. The van der Waals surface area contributed by atoms with Crippen molar-refractivity contribution in [2.24, 2.45) is 5.92 Å². The van der Waals surface area contributed by atoms with Gasteiger partial charge in [0, 0.05) is 30.4 Å². The molecule has 2 aromatic rings. The summed E-state index contributed by atoms with van der Waals surface area (Å²) >= 11 is 0. The van der Waals surface area contributed by atoms with Gasteiger partial charge in [0.05, 0.1) is 13.2 Å². The van der Waals surface area contributed by atoms with Gasteiger partial charge in [0.25, 0.3) is 0 Å². The lowest BCUT2D eigenvalue weighted by molar-refractivity contribution is -0.497. The number of nitrogens with zero attached hydrogens (tertiary/aromatic N) is 2. The Morgan fingerprint density at radius 1 is 1.24 bits per heavy atom. The van der Waals surface area contributed by atoms with Crippen LogP contribution in [0.4, 0.5) is 5.82 Å². The number of amides is 1. The maximum Gasteiger partial charge on any atom is 0.235 e. The first-order chi connectivity index (χ1) is 14.0. The van der Waals surface area contributed by atoms with Gasteiger partial charge in [0.2, 0.25) is 11.9 Å². The van der Waals surface area contributed by atoms with Crippen molar-refractivity contribution in [1.82, 2.24) is 4.98 Å². The van der Waals surface area contributed by atoms with Crippen LogP contribution in [0.15, 0.2) is 36.5 Å². The molecule has 1 N–H and O–H groups in total. The summed E-state index contributed by atoms with van der Waals surface area (Å²) in [4.78, 5) is 26.7. The van der Waals surface area contributed by atoms with E-state index in [4.69, 9.17) is 9.47 Å². The minimum absolute atomic E-state index is 0.182. The van der Waals surface area contributed by atoms with Gasteiger partial charge < -0.3 is 14.8 Å². The molecule has 1 aromatic carbocycles. The van der Waals surface area contributed by atoms with Gasteiger partial charge in [-0.05, 0) is 47.9 Å². The number of nitrogens with one attached hydrogen (secondary N) is 1. The Hall–Kier alpha value is -3.00. The lowest BCUT2D eigenvalue weighted by Crippen LogP contribution is -2.26. The van der Waals surface area contributed by atoms with E-state index in [-0.39, 0.29) is 18.4 Å². The van der Waals surface area contributed by atoms with Crippen LogP contribution in [-0.4, -0.2) is 41.2 Å². The zero-order valence-electron chi connectivity index (χ0n) is 16.2. The molecule has 0 unspecified atom stereocenters. The minimum Gasteiger partial charge on any atom is -0.490 e. The monoisotopic (exact) mass is 397 g/mol. The molecule has 0 radical (unpaired) electrons. The van der Waals surface area contributed by atoms with Crippen LogP contribution in [0.1, 0.15) is 24.8 Å². The summed E-state index contributed by atoms with van der Waals surface area (Å²) in [6, 6.07) is 8.84. The number of carbonyl (C=O) groups excluding carboxylic acids is 1. The number of anilines is 1. The van der Waals surface area contributed by atoms with Crippen molar-refractivity contribution < 1.29 is 19.2 Å². The Balaban J connectivity index is 1.44. The van der Waals surface area contributed by atoms with Crippen molar-refractivity contribution in [3.05, 3.63) is 52.2 Å². The Labute approximate surface area is 168 Å². The van der Waals surface area contributed by atoms with Gasteiger partial charge in [0.1, 0.15) is 23.6 Å². The highest BCUT2D eigenvalue weighted by atomic mass is 16.6. The first kappa shape index (κ1) is 19.3. The van der Waals surface area contributed by atoms with E-state index in [0.29, 0.717) is 5.82 Å². The van der Waals surface area contributed by atoms with Crippen LogP contribution in [0.3, 0.4) is 0 Å². The lowest BCUT2D eigenvalue weighted by atomic mass is 10.0. The molecule has 8 nitrogen and oxygen atoms in total. The minimum atomic E-state index is -0.774. The average Bonchev–Trinajstić information content (AvgIpc) is 3.52. The molecule has 2 fully saturated rings. The fourth-order valence-electron chi connectivity index (χ4n) is 3.53. The number of pyridine rings is 1. The van der Waals surface area contributed by atoms with Gasteiger partial charge in [-0.15, -0.1) is 0 Å². The number of aromatic nitrogens is 1. The summed E-state index contributed by atoms with van der Waals surface area (Å²) in [5, 5.41) is 13.4. The average molecular weight is 397 g/mol. The third-order valence-corrected chi connectivity index (χ3v) is 5.35. The van der Waals surface area contributed by atoms with Crippen LogP contribution < -0.4 is 10.1 Å². The molecular weight excluding hydrogens is 374 g/mol. The van der Waals surface area contributed by atoms with Crippen molar-refractivity contribution in [3.8, 4) is 16.9 Å². The molecule has 1 aromatic heterocycles. The van der Waals surface area contributed by atoms with Crippen molar-refractivity contribution in [1.29, 1.82) is 0 Å². The van der Waals surface area contributed by atoms with E-state index in [1.807, 2.05) is 31.2 Å². The summed E-state index contributed by atoms with van der Waals surface area (Å²) in [6.45, 7) is 3.47. The first-order valence-corrected chi connectivity index (χ1v) is 9.77. The summed E-state index contributed by atoms with van der Waals surface area (Å²) < 4.78 is 11.5. The van der Waals surface area contributed by atoms with Crippen molar-refractivity contribution in [2.45, 2.75) is 38.3 Å². The number of carbonyl (C=O) groups is 1. The summed E-state index contributed by atoms with van der Waals surface area (Å²) in [5.41, 5.74) is 2.91. The smallest absolute Gasteiger partial charge is 0.235 e. The fourth-order valence-corrected chi connectivity index (χ4v) is 3.53. The maximum absolute atomic E-state index is 12.1. The standard InChI is InChI=1S/C21H23N3O5/c1-13-10-14(2-3-19(13)29-16-5-8-28-9-6-16)15-4-7-22-20(11-15)23-21(25)17-12-18(17)24(26)27/h2-4,7,10-11,16-18H,5-6,8-9,12H2,1H3,(H,22,23,25)/t17-,18-/m0/s1. The van der Waals surface area contributed by atoms with Crippen LogP contribution in [0, 0.1) is 23.0 Å². The molecule has 1 amide bonds. The van der Waals surface area contributed by atoms with Crippen LogP contribution in [0.2, 0.25) is 0 Å². The Bertz CT molecular complexity index is 926. The topological polar surface area (TPSA) is 104 Å². The second kappa shape index (κ2) is 8.16. The quantitative estimate of drug-likeness (QED) is 0.593.